The Morgan fingerprint density at radius 1 is 1.11 bits per heavy atom. The lowest BCUT2D eigenvalue weighted by molar-refractivity contribution is -0.149. The Hall–Kier alpha value is -3.64. The maximum absolute atomic E-state index is 14.4. The predicted octanol–water partition coefficient (Wildman–Crippen LogP) is 4.13. The minimum absolute atomic E-state index is 0.00314. The number of anilines is 1. The summed E-state index contributed by atoms with van der Waals surface area (Å²) in [5, 5.41) is 0. The van der Waals surface area contributed by atoms with Gasteiger partial charge in [0.25, 0.3) is 0 Å². The second-order valence-corrected chi connectivity index (χ2v) is 14.5. The van der Waals surface area contributed by atoms with Gasteiger partial charge in [0.1, 0.15) is 23.8 Å². The highest BCUT2D eigenvalue weighted by molar-refractivity contribution is 5.97. The van der Waals surface area contributed by atoms with Crippen molar-refractivity contribution in [2.24, 2.45) is 0 Å². The van der Waals surface area contributed by atoms with Crippen molar-refractivity contribution in [3.8, 4) is 0 Å². The molecule has 3 aliphatic heterocycles. The second-order valence-electron chi connectivity index (χ2n) is 14.5. The molecule has 46 heavy (non-hydrogen) atoms. The van der Waals surface area contributed by atoms with E-state index in [1.165, 1.54) is 12.1 Å². The van der Waals surface area contributed by atoms with Gasteiger partial charge in [-0.05, 0) is 52.3 Å². The SMILES string of the molecule is CC1CN(CC2CN(C(=O)OC(C)(C)C)C(C)CN2CC(=O)N2CC(C)(C)c3cnc(Cc4ccc(F)cc4F)cc32)C(=O)CO1. The summed E-state index contributed by atoms with van der Waals surface area (Å²) in [7, 11) is 0. The fourth-order valence-corrected chi connectivity index (χ4v) is 6.49. The van der Waals surface area contributed by atoms with Gasteiger partial charge >= 0.3 is 6.09 Å². The molecule has 0 radical (unpaired) electrons. The first kappa shape index (κ1) is 33.7. The fraction of sp³-hybridized carbons (Fsp3) is 0.588. The number of hydrogen-bond donors (Lipinski definition) is 0. The van der Waals surface area contributed by atoms with E-state index < -0.39 is 23.3 Å². The van der Waals surface area contributed by atoms with E-state index in [1.54, 1.807) is 20.9 Å². The number of benzene rings is 1. The zero-order valence-corrected chi connectivity index (χ0v) is 27.8. The molecule has 2 saturated heterocycles. The first-order valence-corrected chi connectivity index (χ1v) is 15.9. The standard InChI is InChI=1S/C34H45F2N5O5/c1-21-14-38(26(16-39-15-22(2)45-19-31(39)43)17-40(21)32(44)46-33(3,4)5)18-30(42)41-20-34(6,7)27-13-37-25(12-29(27)41)10-23-8-9-24(35)11-28(23)36/h8-9,11-13,21-22,26H,10,14-20H2,1-7H3. The summed E-state index contributed by atoms with van der Waals surface area (Å²) in [6.07, 6.45) is 1.35. The van der Waals surface area contributed by atoms with Crippen LogP contribution in [0.4, 0.5) is 19.3 Å². The number of amides is 3. The number of carbonyl (C=O) groups excluding carboxylic acids is 3. The quantitative estimate of drug-likeness (QED) is 0.468. The Balaban J connectivity index is 1.38. The summed E-state index contributed by atoms with van der Waals surface area (Å²) >= 11 is 0. The molecule has 0 saturated carbocycles. The van der Waals surface area contributed by atoms with E-state index in [2.05, 4.69) is 23.7 Å². The van der Waals surface area contributed by atoms with Crippen molar-refractivity contribution in [3.63, 3.8) is 0 Å². The van der Waals surface area contributed by atoms with Crippen LogP contribution in [0.15, 0.2) is 30.5 Å². The largest absolute Gasteiger partial charge is 0.444 e. The lowest BCUT2D eigenvalue weighted by atomic mass is 9.88. The first-order valence-electron chi connectivity index (χ1n) is 15.9. The third-order valence-electron chi connectivity index (χ3n) is 8.87. The summed E-state index contributed by atoms with van der Waals surface area (Å²) in [4.78, 5) is 51.9. The van der Waals surface area contributed by atoms with Crippen LogP contribution in [0, 0.1) is 11.6 Å². The summed E-state index contributed by atoms with van der Waals surface area (Å²) in [6.45, 7) is 15.4. The van der Waals surface area contributed by atoms with Crippen molar-refractivity contribution in [1.82, 2.24) is 19.7 Å². The monoisotopic (exact) mass is 641 g/mol. The topological polar surface area (TPSA) is 95.5 Å². The molecule has 12 heteroatoms. The van der Waals surface area contributed by atoms with Gasteiger partial charge in [0, 0.05) is 80.2 Å². The van der Waals surface area contributed by atoms with Gasteiger partial charge in [-0.25, -0.2) is 13.6 Å². The van der Waals surface area contributed by atoms with Crippen LogP contribution < -0.4 is 4.90 Å². The number of piperazine rings is 1. The molecule has 0 N–H and O–H groups in total. The van der Waals surface area contributed by atoms with Crippen LogP contribution in [0.25, 0.3) is 0 Å². The van der Waals surface area contributed by atoms with Crippen molar-refractivity contribution in [1.29, 1.82) is 0 Å². The molecule has 3 amide bonds. The highest BCUT2D eigenvalue weighted by Crippen LogP contribution is 2.41. The van der Waals surface area contributed by atoms with Crippen LogP contribution in [0.1, 0.15) is 65.3 Å². The van der Waals surface area contributed by atoms with Crippen molar-refractivity contribution in [2.75, 3.05) is 50.8 Å². The molecule has 250 valence electrons. The molecule has 3 aliphatic rings. The third-order valence-corrected chi connectivity index (χ3v) is 8.87. The van der Waals surface area contributed by atoms with E-state index in [0.29, 0.717) is 44.0 Å². The number of carbonyl (C=O) groups is 3. The maximum atomic E-state index is 14.4. The molecule has 3 atom stereocenters. The number of halogens is 2. The van der Waals surface area contributed by atoms with E-state index in [4.69, 9.17) is 9.47 Å². The van der Waals surface area contributed by atoms with Gasteiger partial charge in [-0.2, -0.15) is 0 Å². The molecule has 4 heterocycles. The lowest BCUT2D eigenvalue weighted by Gasteiger charge is -2.47. The summed E-state index contributed by atoms with van der Waals surface area (Å²) in [6, 6.07) is 4.75. The van der Waals surface area contributed by atoms with Crippen LogP contribution in [0.3, 0.4) is 0 Å². The number of aromatic nitrogens is 1. The smallest absolute Gasteiger partial charge is 0.410 e. The molecule has 2 fully saturated rings. The third kappa shape index (κ3) is 7.49. The molecular formula is C34H45F2N5O5. The van der Waals surface area contributed by atoms with Gasteiger partial charge in [0.05, 0.1) is 18.3 Å². The van der Waals surface area contributed by atoms with E-state index >= 15 is 0 Å². The van der Waals surface area contributed by atoms with Crippen molar-refractivity contribution >= 4 is 23.6 Å². The normalized spacial score (nSPS) is 23.5. The molecule has 2 aromatic rings. The molecule has 10 nitrogen and oxygen atoms in total. The fourth-order valence-electron chi connectivity index (χ4n) is 6.49. The number of nitrogens with zero attached hydrogens (tertiary/aromatic N) is 5. The molecule has 0 spiro atoms. The number of hydrogen-bond acceptors (Lipinski definition) is 7. The molecule has 5 rings (SSSR count). The second kappa shape index (κ2) is 12.9. The number of rotatable bonds is 6. The lowest BCUT2D eigenvalue weighted by Crippen LogP contribution is -2.64. The van der Waals surface area contributed by atoms with E-state index in [1.807, 2.05) is 40.7 Å². The number of morpholine rings is 1. The number of pyridine rings is 1. The van der Waals surface area contributed by atoms with Gasteiger partial charge < -0.3 is 24.2 Å². The average Bonchev–Trinajstić information content (AvgIpc) is 3.22. The zero-order valence-electron chi connectivity index (χ0n) is 27.8. The zero-order chi connectivity index (χ0) is 33.6. The summed E-state index contributed by atoms with van der Waals surface area (Å²) in [5.74, 6) is -1.54. The maximum Gasteiger partial charge on any atom is 0.410 e. The molecule has 1 aromatic heterocycles. The minimum atomic E-state index is -0.666. The van der Waals surface area contributed by atoms with Crippen molar-refractivity contribution in [2.45, 2.75) is 84.1 Å². The van der Waals surface area contributed by atoms with Crippen LogP contribution >= 0.6 is 0 Å². The van der Waals surface area contributed by atoms with E-state index in [9.17, 15) is 23.2 Å². The number of ether oxygens (including phenoxy) is 2. The molecule has 0 aliphatic carbocycles. The summed E-state index contributed by atoms with van der Waals surface area (Å²) < 4.78 is 39.1. The highest BCUT2D eigenvalue weighted by Gasteiger charge is 2.42. The van der Waals surface area contributed by atoms with Crippen molar-refractivity contribution < 1.29 is 32.6 Å². The van der Waals surface area contributed by atoms with Crippen LogP contribution in [0.2, 0.25) is 0 Å². The van der Waals surface area contributed by atoms with Crippen molar-refractivity contribution in [3.05, 3.63) is 58.9 Å². The van der Waals surface area contributed by atoms with Gasteiger partial charge in [-0.3, -0.25) is 19.5 Å². The Kier molecular flexibility index (Phi) is 9.43. The van der Waals surface area contributed by atoms with E-state index in [-0.39, 0.29) is 55.0 Å². The van der Waals surface area contributed by atoms with Crippen LogP contribution in [-0.2, 0) is 30.9 Å². The Morgan fingerprint density at radius 2 is 1.85 bits per heavy atom. The highest BCUT2D eigenvalue weighted by atomic mass is 19.1. The Labute approximate surface area is 269 Å². The Morgan fingerprint density at radius 3 is 2.54 bits per heavy atom. The number of fused-ring (bicyclic) bond motifs is 1. The van der Waals surface area contributed by atoms with Gasteiger partial charge in [-0.1, -0.05) is 19.9 Å². The predicted molar refractivity (Wildman–Crippen MR) is 169 cm³/mol. The van der Waals surface area contributed by atoms with Crippen LogP contribution in [0.5, 0.6) is 0 Å². The molecule has 0 bridgehead atoms. The molecule has 1 aromatic carbocycles. The van der Waals surface area contributed by atoms with Gasteiger partial charge in [0.15, 0.2) is 0 Å². The minimum Gasteiger partial charge on any atom is -0.444 e. The van der Waals surface area contributed by atoms with E-state index in [0.717, 1.165) is 17.3 Å². The summed E-state index contributed by atoms with van der Waals surface area (Å²) in [5.41, 5.74) is 1.48. The van der Waals surface area contributed by atoms with Gasteiger partial charge in [0.2, 0.25) is 11.8 Å². The Bertz CT molecular complexity index is 1490. The van der Waals surface area contributed by atoms with Crippen LogP contribution in [-0.4, -0.2) is 107 Å². The average molecular weight is 642 g/mol. The first-order chi connectivity index (χ1) is 21.5. The molecular weight excluding hydrogens is 596 g/mol. The molecule has 3 unspecified atom stereocenters. The van der Waals surface area contributed by atoms with Gasteiger partial charge in [-0.15, -0.1) is 0 Å².